The maximum absolute atomic E-state index is 12.3. The standard InChI is InChI=1S/C19H23NO3S/c1-16-9-11-19(12-10-16)24(21,22)23-15-18-8-5-13-20(18)14-17-6-3-2-4-7-17/h2-4,6-7,9-12,18H,5,8,13-15H2,1H3/t18-/m1/s1. The molecule has 0 N–H and O–H groups in total. The van der Waals surface area contributed by atoms with Crippen LogP contribution in [0.2, 0.25) is 0 Å². The second-order valence-electron chi connectivity index (χ2n) is 6.30. The van der Waals surface area contributed by atoms with E-state index in [1.807, 2.05) is 25.1 Å². The molecule has 0 aliphatic carbocycles. The number of nitrogens with zero attached hydrogens (tertiary/aromatic N) is 1. The highest BCUT2D eigenvalue weighted by Gasteiger charge is 2.27. The van der Waals surface area contributed by atoms with Crippen molar-refractivity contribution in [2.24, 2.45) is 0 Å². The Morgan fingerprint density at radius 3 is 2.50 bits per heavy atom. The minimum absolute atomic E-state index is 0.144. The van der Waals surface area contributed by atoms with Gasteiger partial charge in [-0.25, -0.2) is 0 Å². The van der Waals surface area contributed by atoms with Crippen molar-refractivity contribution in [3.8, 4) is 0 Å². The quantitative estimate of drug-likeness (QED) is 0.753. The zero-order chi connectivity index (χ0) is 17.0. The molecular formula is C19H23NO3S. The second kappa shape index (κ2) is 7.47. The van der Waals surface area contributed by atoms with Crippen LogP contribution in [0.1, 0.15) is 24.0 Å². The van der Waals surface area contributed by atoms with E-state index in [9.17, 15) is 8.42 Å². The molecule has 5 heteroatoms. The van der Waals surface area contributed by atoms with Gasteiger partial charge in [0.2, 0.25) is 0 Å². The fourth-order valence-electron chi connectivity index (χ4n) is 3.05. The number of rotatable bonds is 6. The molecular weight excluding hydrogens is 322 g/mol. The summed E-state index contributed by atoms with van der Waals surface area (Å²) < 4.78 is 30.0. The Bertz CT molecular complexity index is 757. The van der Waals surface area contributed by atoms with Gasteiger partial charge in [0.05, 0.1) is 11.5 Å². The molecule has 0 saturated carbocycles. The van der Waals surface area contributed by atoms with Crippen molar-refractivity contribution in [2.75, 3.05) is 13.2 Å². The number of hydrogen-bond donors (Lipinski definition) is 0. The predicted molar refractivity (Wildman–Crippen MR) is 94.2 cm³/mol. The molecule has 2 aromatic carbocycles. The smallest absolute Gasteiger partial charge is 0.294 e. The van der Waals surface area contributed by atoms with E-state index in [4.69, 9.17) is 4.18 Å². The molecule has 1 heterocycles. The van der Waals surface area contributed by atoms with Gasteiger partial charge in [0.25, 0.3) is 10.1 Å². The second-order valence-corrected chi connectivity index (χ2v) is 7.92. The van der Waals surface area contributed by atoms with Gasteiger partial charge in [0.1, 0.15) is 0 Å². The van der Waals surface area contributed by atoms with Gasteiger partial charge in [-0.1, -0.05) is 48.0 Å². The zero-order valence-electron chi connectivity index (χ0n) is 13.9. The van der Waals surface area contributed by atoms with Crippen LogP contribution in [0, 0.1) is 6.92 Å². The van der Waals surface area contributed by atoms with Crippen LogP contribution in [0.15, 0.2) is 59.5 Å². The first kappa shape index (κ1) is 17.1. The molecule has 1 saturated heterocycles. The first-order chi connectivity index (χ1) is 11.5. The van der Waals surface area contributed by atoms with Crippen LogP contribution in [-0.2, 0) is 20.8 Å². The third-order valence-corrected chi connectivity index (χ3v) is 5.75. The molecule has 2 aromatic rings. The van der Waals surface area contributed by atoms with E-state index in [1.165, 1.54) is 5.56 Å². The molecule has 4 nitrogen and oxygen atoms in total. The molecule has 3 rings (SSSR count). The van der Waals surface area contributed by atoms with Crippen LogP contribution in [0.4, 0.5) is 0 Å². The van der Waals surface area contributed by atoms with Crippen molar-refractivity contribution >= 4 is 10.1 Å². The summed E-state index contributed by atoms with van der Waals surface area (Å²) in [4.78, 5) is 2.53. The predicted octanol–water partition coefficient (Wildman–Crippen LogP) is 3.36. The van der Waals surface area contributed by atoms with Gasteiger partial charge >= 0.3 is 0 Å². The van der Waals surface area contributed by atoms with Crippen LogP contribution >= 0.6 is 0 Å². The topological polar surface area (TPSA) is 46.6 Å². The van der Waals surface area contributed by atoms with Crippen LogP contribution in [0.25, 0.3) is 0 Å². The van der Waals surface area contributed by atoms with E-state index < -0.39 is 10.1 Å². The number of aryl methyl sites for hydroxylation is 1. The summed E-state index contributed by atoms with van der Waals surface area (Å²) in [5.74, 6) is 0. The van der Waals surface area contributed by atoms with Crippen molar-refractivity contribution in [1.29, 1.82) is 0 Å². The maximum Gasteiger partial charge on any atom is 0.297 e. The van der Waals surface area contributed by atoms with Crippen LogP contribution < -0.4 is 0 Å². The van der Waals surface area contributed by atoms with E-state index in [0.29, 0.717) is 0 Å². The average Bonchev–Trinajstić information content (AvgIpc) is 3.02. The molecule has 1 aliphatic rings. The van der Waals surface area contributed by atoms with Gasteiger partial charge in [0.15, 0.2) is 0 Å². The Morgan fingerprint density at radius 2 is 1.79 bits per heavy atom. The summed E-state index contributed by atoms with van der Waals surface area (Å²) in [6, 6.07) is 17.2. The van der Waals surface area contributed by atoms with Crippen LogP contribution in [0.5, 0.6) is 0 Å². The van der Waals surface area contributed by atoms with Gasteiger partial charge in [-0.3, -0.25) is 9.08 Å². The lowest BCUT2D eigenvalue weighted by atomic mass is 10.2. The van der Waals surface area contributed by atoms with Gasteiger partial charge in [-0.05, 0) is 44.0 Å². The first-order valence-electron chi connectivity index (χ1n) is 8.29. The first-order valence-corrected chi connectivity index (χ1v) is 9.69. The molecule has 128 valence electrons. The molecule has 0 radical (unpaired) electrons. The molecule has 0 spiro atoms. The fraction of sp³-hybridized carbons (Fsp3) is 0.368. The van der Waals surface area contributed by atoms with Gasteiger partial charge < -0.3 is 0 Å². The number of hydrogen-bond acceptors (Lipinski definition) is 4. The van der Waals surface area contributed by atoms with E-state index in [0.717, 1.165) is 31.5 Å². The minimum atomic E-state index is -3.69. The Kier molecular flexibility index (Phi) is 5.33. The molecule has 24 heavy (non-hydrogen) atoms. The maximum atomic E-state index is 12.3. The largest absolute Gasteiger partial charge is 0.297 e. The third-order valence-electron chi connectivity index (χ3n) is 4.45. The third kappa shape index (κ3) is 4.23. The highest BCUT2D eigenvalue weighted by molar-refractivity contribution is 7.86. The summed E-state index contributed by atoms with van der Waals surface area (Å²) in [6.07, 6.45) is 2.04. The lowest BCUT2D eigenvalue weighted by Crippen LogP contribution is -2.33. The van der Waals surface area contributed by atoms with Crippen molar-refractivity contribution in [3.63, 3.8) is 0 Å². The molecule has 1 aliphatic heterocycles. The summed E-state index contributed by atoms with van der Waals surface area (Å²) in [5.41, 5.74) is 2.27. The van der Waals surface area contributed by atoms with Crippen LogP contribution in [-0.4, -0.2) is 32.5 Å². The van der Waals surface area contributed by atoms with E-state index in [-0.39, 0.29) is 17.5 Å². The normalized spacial score (nSPS) is 18.8. The van der Waals surface area contributed by atoms with E-state index in [1.54, 1.807) is 24.3 Å². The van der Waals surface area contributed by atoms with Gasteiger partial charge in [0, 0.05) is 12.6 Å². The van der Waals surface area contributed by atoms with Gasteiger partial charge in [-0.15, -0.1) is 0 Å². The van der Waals surface area contributed by atoms with Crippen molar-refractivity contribution in [2.45, 2.75) is 37.2 Å². The average molecular weight is 345 g/mol. The molecule has 0 bridgehead atoms. The summed E-state index contributed by atoms with van der Waals surface area (Å²) in [7, 11) is -3.69. The van der Waals surface area contributed by atoms with Gasteiger partial charge in [-0.2, -0.15) is 8.42 Å². The Morgan fingerprint density at radius 1 is 1.08 bits per heavy atom. The highest BCUT2D eigenvalue weighted by atomic mass is 32.2. The van der Waals surface area contributed by atoms with Crippen molar-refractivity contribution in [1.82, 2.24) is 4.90 Å². The minimum Gasteiger partial charge on any atom is -0.294 e. The highest BCUT2D eigenvalue weighted by Crippen LogP contribution is 2.22. The SMILES string of the molecule is Cc1ccc(S(=O)(=O)OC[C@H]2CCCN2Cc2ccccc2)cc1. The molecule has 1 fully saturated rings. The summed E-state index contributed by atoms with van der Waals surface area (Å²) >= 11 is 0. The monoisotopic (exact) mass is 345 g/mol. The fourth-order valence-corrected chi connectivity index (χ4v) is 3.99. The Balaban J connectivity index is 1.61. The Labute approximate surface area is 144 Å². The number of likely N-dealkylation sites (tertiary alicyclic amines) is 1. The number of benzene rings is 2. The molecule has 0 amide bonds. The zero-order valence-corrected chi connectivity index (χ0v) is 14.7. The molecule has 0 unspecified atom stereocenters. The summed E-state index contributed by atoms with van der Waals surface area (Å²) in [5, 5.41) is 0. The van der Waals surface area contributed by atoms with Crippen molar-refractivity contribution < 1.29 is 12.6 Å². The van der Waals surface area contributed by atoms with E-state index in [2.05, 4.69) is 17.0 Å². The molecule has 0 aromatic heterocycles. The summed E-state index contributed by atoms with van der Waals surface area (Å²) in [6.45, 7) is 3.95. The van der Waals surface area contributed by atoms with E-state index >= 15 is 0 Å². The van der Waals surface area contributed by atoms with Crippen LogP contribution in [0.3, 0.4) is 0 Å². The lowest BCUT2D eigenvalue weighted by molar-refractivity contribution is 0.171. The molecule has 1 atom stereocenters. The Hall–Kier alpha value is -1.69. The van der Waals surface area contributed by atoms with Crippen molar-refractivity contribution in [3.05, 3.63) is 65.7 Å². The lowest BCUT2D eigenvalue weighted by Gasteiger charge is -2.24.